The second kappa shape index (κ2) is 3.56. The first-order valence-corrected chi connectivity index (χ1v) is 6.55. The van der Waals surface area contributed by atoms with Crippen LogP contribution >= 0.6 is 11.3 Å². The fraction of sp³-hybridized carbons (Fsp3) is 0.750. The van der Waals surface area contributed by atoms with E-state index in [1.54, 1.807) is 11.3 Å². The maximum atomic E-state index is 6.38. The Morgan fingerprint density at radius 3 is 2.40 bits per heavy atom. The van der Waals surface area contributed by atoms with Crippen LogP contribution in [0.1, 0.15) is 57.2 Å². The Morgan fingerprint density at radius 2 is 1.93 bits per heavy atom. The first-order chi connectivity index (χ1) is 6.92. The first kappa shape index (κ1) is 11.1. The van der Waals surface area contributed by atoms with Crippen LogP contribution in [0, 0.1) is 0 Å². The van der Waals surface area contributed by atoms with Gasteiger partial charge < -0.3 is 5.73 Å². The zero-order valence-electron chi connectivity index (χ0n) is 9.84. The van der Waals surface area contributed by atoms with E-state index in [1.807, 2.05) is 0 Å². The molecule has 0 unspecified atom stereocenters. The van der Waals surface area contributed by atoms with Crippen LogP contribution in [-0.4, -0.2) is 4.98 Å². The molecule has 3 heteroatoms. The van der Waals surface area contributed by atoms with Gasteiger partial charge >= 0.3 is 0 Å². The topological polar surface area (TPSA) is 38.9 Å². The zero-order chi connectivity index (χ0) is 11.1. The molecule has 0 radical (unpaired) electrons. The SMILES string of the molecule is CC(C)(C)c1csc(C2(N)CCCC2)n1. The maximum absolute atomic E-state index is 6.38. The fourth-order valence-corrected chi connectivity index (χ4v) is 3.29. The summed E-state index contributed by atoms with van der Waals surface area (Å²) in [4.78, 5) is 4.73. The smallest absolute Gasteiger partial charge is 0.113 e. The third-order valence-corrected chi connectivity index (χ3v) is 4.26. The van der Waals surface area contributed by atoms with Gasteiger partial charge in [0, 0.05) is 10.8 Å². The molecule has 0 aliphatic heterocycles. The normalized spacial score (nSPS) is 20.8. The zero-order valence-corrected chi connectivity index (χ0v) is 10.7. The Balaban J connectivity index is 2.27. The van der Waals surface area contributed by atoms with Gasteiger partial charge in [-0.25, -0.2) is 4.98 Å². The third-order valence-electron chi connectivity index (χ3n) is 3.19. The number of rotatable bonds is 1. The van der Waals surface area contributed by atoms with E-state index >= 15 is 0 Å². The number of thiazole rings is 1. The van der Waals surface area contributed by atoms with Crippen molar-refractivity contribution in [1.29, 1.82) is 0 Å². The van der Waals surface area contributed by atoms with E-state index < -0.39 is 0 Å². The third kappa shape index (κ3) is 2.08. The summed E-state index contributed by atoms with van der Waals surface area (Å²) in [6, 6.07) is 0. The molecular weight excluding hydrogens is 204 g/mol. The molecule has 0 saturated heterocycles. The summed E-state index contributed by atoms with van der Waals surface area (Å²) >= 11 is 1.74. The van der Waals surface area contributed by atoms with Gasteiger partial charge in [0.2, 0.25) is 0 Å². The van der Waals surface area contributed by atoms with E-state index in [0.29, 0.717) is 0 Å². The van der Waals surface area contributed by atoms with Crippen molar-refractivity contribution in [2.75, 3.05) is 0 Å². The molecule has 0 amide bonds. The van der Waals surface area contributed by atoms with Gasteiger partial charge in [-0.3, -0.25) is 0 Å². The molecule has 0 bridgehead atoms. The highest BCUT2D eigenvalue weighted by Gasteiger charge is 2.34. The summed E-state index contributed by atoms with van der Waals surface area (Å²) in [5.74, 6) is 0. The van der Waals surface area contributed by atoms with Gasteiger partial charge in [0.15, 0.2) is 0 Å². The highest BCUT2D eigenvalue weighted by Crippen LogP contribution is 2.38. The van der Waals surface area contributed by atoms with Crippen molar-refractivity contribution >= 4 is 11.3 Å². The van der Waals surface area contributed by atoms with Crippen LogP contribution in [0.3, 0.4) is 0 Å². The summed E-state index contributed by atoms with van der Waals surface area (Å²) in [6.45, 7) is 6.59. The second-order valence-electron chi connectivity index (χ2n) is 5.65. The van der Waals surface area contributed by atoms with Crippen LogP contribution in [0.15, 0.2) is 5.38 Å². The molecule has 1 aromatic rings. The van der Waals surface area contributed by atoms with Crippen molar-refractivity contribution < 1.29 is 0 Å². The monoisotopic (exact) mass is 224 g/mol. The molecule has 84 valence electrons. The van der Waals surface area contributed by atoms with Crippen molar-refractivity contribution in [3.05, 3.63) is 16.1 Å². The van der Waals surface area contributed by atoms with E-state index in [-0.39, 0.29) is 11.0 Å². The van der Waals surface area contributed by atoms with Crippen LogP contribution in [0.4, 0.5) is 0 Å². The van der Waals surface area contributed by atoms with Crippen molar-refractivity contribution in [3.63, 3.8) is 0 Å². The number of aromatic nitrogens is 1. The predicted octanol–water partition coefficient (Wildman–Crippen LogP) is 3.17. The summed E-state index contributed by atoms with van der Waals surface area (Å²) in [5.41, 5.74) is 7.59. The van der Waals surface area contributed by atoms with E-state index in [1.165, 1.54) is 18.5 Å². The van der Waals surface area contributed by atoms with Gasteiger partial charge in [-0.15, -0.1) is 11.3 Å². The van der Waals surface area contributed by atoms with Gasteiger partial charge in [-0.1, -0.05) is 33.6 Å². The Kier molecular flexibility index (Phi) is 2.63. The average molecular weight is 224 g/mol. The lowest BCUT2D eigenvalue weighted by Crippen LogP contribution is -2.33. The Hall–Kier alpha value is -0.410. The van der Waals surface area contributed by atoms with Crippen LogP contribution in [0.2, 0.25) is 0 Å². The minimum Gasteiger partial charge on any atom is -0.319 e. The molecule has 1 saturated carbocycles. The molecule has 1 aliphatic carbocycles. The summed E-state index contributed by atoms with van der Waals surface area (Å²) in [5, 5.41) is 3.31. The first-order valence-electron chi connectivity index (χ1n) is 5.67. The van der Waals surface area contributed by atoms with Crippen LogP contribution in [-0.2, 0) is 11.0 Å². The minimum absolute atomic E-state index is 0.117. The Morgan fingerprint density at radius 1 is 1.33 bits per heavy atom. The second-order valence-corrected chi connectivity index (χ2v) is 6.51. The molecule has 2 rings (SSSR count). The largest absolute Gasteiger partial charge is 0.319 e. The van der Waals surface area contributed by atoms with Crippen molar-refractivity contribution in [2.45, 2.75) is 57.4 Å². The molecule has 2 N–H and O–H groups in total. The molecule has 2 nitrogen and oxygen atoms in total. The molecule has 1 heterocycles. The lowest BCUT2D eigenvalue weighted by atomic mass is 9.93. The maximum Gasteiger partial charge on any atom is 0.113 e. The average Bonchev–Trinajstić information content (AvgIpc) is 2.69. The van der Waals surface area contributed by atoms with Crippen LogP contribution < -0.4 is 5.73 Å². The molecular formula is C12H20N2S. The summed E-state index contributed by atoms with van der Waals surface area (Å²) < 4.78 is 0. The van der Waals surface area contributed by atoms with E-state index in [9.17, 15) is 0 Å². The molecule has 1 aromatic heterocycles. The highest BCUT2D eigenvalue weighted by atomic mass is 32.1. The van der Waals surface area contributed by atoms with Crippen molar-refractivity contribution in [1.82, 2.24) is 4.98 Å². The molecule has 0 atom stereocenters. The molecule has 15 heavy (non-hydrogen) atoms. The lowest BCUT2D eigenvalue weighted by molar-refractivity contribution is 0.453. The Labute approximate surface area is 95.9 Å². The Bertz CT molecular complexity index is 343. The molecule has 1 fully saturated rings. The number of hydrogen-bond donors (Lipinski definition) is 1. The van der Waals surface area contributed by atoms with E-state index in [0.717, 1.165) is 17.8 Å². The molecule has 0 aromatic carbocycles. The van der Waals surface area contributed by atoms with Gasteiger partial charge in [-0.2, -0.15) is 0 Å². The highest BCUT2D eigenvalue weighted by molar-refractivity contribution is 7.09. The lowest BCUT2D eigenvalue weighted by Gasteiger charge is -2.21. The quantitative estimate of drug-likeness (QED) is 0.795. The molecule has 0 spiro atoms. The number of nitrogens with two attached hydrogens (primary N) is 1. The standard InChI is InChI=1S/C12H20N2S/c1-11(2,3)9-8-15-10(14-9)12(13)6-4-5-7-12/h8H,4-7,13H2,1-3H3. The summed E-state index contributed by atoms with van der Waals surface area (Å²) in [7, 11) is 0. The van der Waals surface area contributed by atoms with Crippen molar-refractivity contribution in [2.24, 2.45) is 5.73 Å². The minimum atomic E-state index is -0.117. The van der Waals surface area contributed by atoms with E-state index in [4.69, 9.17) is 10.7 Å². The number of nitrogens with zero attached hydrogens (tertiary/aromatic N) is 1. The van der Waals surface area contributed by atoms with Crippen LogP contribution in [0.25, 0.3) is 0 Å². The number of hydrogen-bond acceptors (Lipinski definition) is 3. The van der Waals surface area contributed by atoms with Gasteiger partial charge in [-0.05, 0) is 12.8 Å². The predicted molar refractivity (Wildman–Crippen MR) is 65.1 cm³/mol. The summed E-state index contributed by atoms with van der Waals surface area (Å²) in [6.07, 6.45) is 4.70. The molecule has 1 aliphatic rings. The van der Waals surface area contributed by atoms with E-state index in [2.05, 4.69) is 26.2 Å². The van der Waals surface area contributed by atoms with Gasteiger partial charge in [0.1, 0.15) is 5.01 Å². The van der Waals surface area contributed by atoms with Gasteiger partial charge in [0.25, 0.3) is 0 Å². The fourth-order valence-electron chi connectivity index (χ4n) is 2.07. The van der Waals surface area contributed by atoms with Crippen LogP contribution in [0.5, 0.6) is 0 Å². The van der Waals surface area contributed by atoms with Crippen molar-refractivity contribution in [3.8, 4) is 0 Å². The van der Waals surface area contributed by atoms with Gasteiger partial charge in [0.05, 0.1) is 11.2 Å².